The average molecular weight is 397 g/mol. The standard InChI is InChI=1S/C16H20Cl3NO4/c17-16(18,19)11-7-14(23-9-12-3-1-5-21-12)20-15(8-11)24-10-13-4-2-6-22-13/h7-8,12-13H,1-6,9-10H2. The molecule has 0 radical (unpaired) electrons. The number of hydrogen-bond donors (Lipinski definition) is 0. The zero-order valence-corrected chi connectivity index (χ0v) is 15.4. The minimum absolute atomic E-state index is 0.0828. The van der Waals surface area contributed by atoms with E-state index in [-0.39, 0.29) is 12.2 Å². The Labute approximate surface area is 156 Å². The number of alkyl halides is 3. The third-order valence-electron chi connectivity index (χ3n) is 3.99. The first kappa shape index (κ1) is 18.3. The van der Waals surface area contributed by atoms with Crippen molar-refractivity contribution in [2.75, 3.05) is 26.4 Å². The summed E-state index contributed by atoms with van der Waals surface area (Å²) in [4.78, 5) is 4.34. The van der Waals surface area contributed by atoms with Crippen LogP contribution < -0.4 is 9.47 Å². The van der Waals surface area contributed by atoms with E-state index < -0.39 is 3.79 Å². The molecule has 0 aromatic carbocycles. The highest BCUT2D eigenvalue weighted by atomic mass is 35.6. The molecule has 2 aliphatic rings. The lowest BCUT2D eigenvalue weighted by molar-refractivity contribution is 0.0620. The van der Waals surface area contributed by atoms with Crippen LogP contribution in [0.5, 0.6) is 11.8 Å². The number of halogens is 3. The quantitative estimate of drug-likeness (QED) is 0.680. The summed E-state index contributed by atoms with van der Waals surface area (Å²) in [6.07, 6.45) is 4.22. The summed E-state index contributed by atoms with van der Waals surface area (Å²) in [5, 5.41) is 0. The van der Waals surface area contributed by atoms with E-state index in [2.05, 4.69) is 4.98 Å². The van der Waals surface area contributed by atoms with Gasteiger partial charge < -0.3 is 18.9 Å². The maximum atomic E-state index is 6.00. The molecule has 2 fully saturated rings. The minimum atomic E-state index is -1.58. The molecular weight excluding hydrogens is 377 g/mol. The Morgan fingerprint density at radius 3 is 1.83 bits per heavy atom. The van der Waals surface area contributed by atoms with E-state index in [9.17, 15) is 0 Å². The molecule has 2 aliphatic heterocycles. The smallest absolute Gasteiger partial charge is 0.217 e. The van der Waals surface area contributed by atoms with Crippen molar-refractivity contribution in [2.24, 2.45) is 0 Å². The van der Waals surface area contributed by atoms with E-state index in [4.69, 9.17) is 53.8 Å². The SMILES string of the molecule is ClC(Cl)(Cl)c1cc(OCC2CCCO2)nc(OCC2CCCO2)c1. The lowest BCUT2D eigenvalue weighted by atomic mass is 10.2. The second-order valence-corrected chi connectivity index (χ2v) is 8.20. The van der Waals surface area contributed by atoms with Crippen molar-refractivity contribution in [3.63, 3.8) is 0 Å². The normalized spacial score (nSPS) is 24.3. The number of pyridine rings is 1. The Morgan fingerprint density at radius 2 is 1.46 bits per heavy atom. The Hall–Kier alpha value is -0.460. The van der Waals surface area contributed by atoms with E-state index in [1.54, 1.807) is 12.1 Å². The van der Waals surface area contributed by atoms with Crippen molar-refractivity contribution >= 4 is 34.8 Å². The van der Waals surface area contributed by atoms with Crippen LogP contribution in [0.15, 0.2) is 12.1 Å². The Balaban J connectivity index is 1.67. The van der Waals surface area contributed by atoms with Crippen LogP contribution in [-0.2, 0) is 13.3 Å². The Morgan fingerprint density at radius 1 is 0.958 bits per heavy atom. The second-order valence-electron chi connectivity index (χ2n) is 5.92. The number of aromatic nitrogens is 1. The van der Waals surface area contributed by atoms with E-state index in [1.165, 1.54) is 0 Å². The monoisotopic (exact) mass is 395 g/mol. The maximum absolute atomic E-state index is 6.00. The van der Waals surface area contributed by atoms with Crippen molar-refractivity contribution < 1.29 is 18.9 Å². The molecule has 0 aliphatic carbocycles. The number of rotatable bonds is 6. The molecule has 0 spiro atoms. The van der Waals surface area contributed by atoms with Crippen LogP contribution in [-0.4, -0.2) is 43.6 Å². The molecule has 0 N–H and O–H groups in total. The van der Waals surface area contributed by atoms with E-state index >= 15 is 0 Å². The third-order valence-corrected chi connectivity index (χ3v) is 4.64. The largest absolute Gasteiger partial charge is 0.475 e. The van der Waals surface area contributed by atoms with Gasteiger partial charge in [0, 0.05) is 30.9 Å². The minimum Gasteiger partial charge on any atom is -0.475 e. The summed E-state index contributed by atoms with van der Waals surface area (Å²) in [7, 11) is 0. The molecule has 1 aromatic rings. The highest BCUT2D eigenvalue weighted by Gasteiger charge is 2.26. The zero-order chi connectivity index (χ0) is 17.0. The van der Waals surface area contributed by atoms with Gasteiger partial charge in [0.05, 0.1) is 12.2 Å². The molecule has 8 heteroatoms. The van der Waals surface area contributed by atoms with Gasteiger partial charge in [-0.05, 0) is 25.7 Å². The van der Waals surface area contributed by atoms with Gasteiger partial charge >= 0.3 is 0 Å². The van der Waals surface area contributed by atoms with Gasteiger partial charge in [-0.25, -0.2) is 0 Å². The van der Waals surface area contributed by atoms with Gasteiger partial charge in [-0.3, -0.25) is 0 Å². The van der Waals surface area contributed by atoms with Crippen molar-refractivity contribution in [1.29, 1.82) is 0 Å². The van der Waals surface area contributed by atoms with Gasteiger partial charge in [0.2, 0.25) is 15.6 Å². The van der Waals surface area contributed by atoms with Gasteiger partial charge in [0.25, 0.3) is 0 Å². The first-order chi connectivity index (χ1) is 11.5. The molecule has 0 bridgehead atoms. The summed E-state index contributed by atoms with van der Waals surface area (Å²) in [6, 6.07) is 3.22. The number of hydrogen-bond acceptors (Lipinski definition) is 5. The average Bonchev–Trinajstić information content (AvgIpc) is 3.23. The van der Waals surface area contributed by atoms with E-state index in [0.29, 0.717) is 30.5 Å². The van der Waals surface area contributed by atoms with Gasteiger partial charge in [0.1, 0.15) is 13.2 Å². The lowest BCUT2D eigenvalue weighted by Gasteiger charge is -2.17. The highest BCUT2D eigenvalue weighted by molar-refractivity contribution is 6.66. The molecular formula is C16H20Cl3NO4. The molecule has 5 nitrogen and oxygen atoms in total. The summed E-state index contributed by atoms with van der Waals surface area (Å²) in [5.74, 6) is 0.716. The van der Waals surface area contributed by atoms with Gasteiger partial charge in [-0.1, -0.05) is 34.8 Å². The predicted octanol–water partition coefficient (Wildman–Crippen LogP) is 4.02. The second kappa shape index (κ2) is 8.28. The fourth-order valence-corrected chi connectivity index (χ4v) is 3.03. The molecule has 134 valence electrons. The van der Waals surface area contributed by atoms with Crippen LogP contribution >= 0.6 is 34.8 Å². The zero-order valence-electron chi connectivity index (χ0n) is 13.2. The number of ether oxygens (including phenoxy) is 4. The van der Waals surface area contributed by atoms with Gasteiger partial charge in [-0.2, -0.15) is 4.98 Å². The van der Waals surface area contributed by atoms with Gasteiger partial charge in [-0.15, -0.1) is 0 Å². The molecule has 0 saturated carbocycles. The summed E-state index contributed by atoms with van der Waals surface area (Å²) < 4.78 is 20.9. The first-order valence-electron chi connectivity index (χ1n) is 8.09. The van der Waals surface area contributed by atoms with Crippen LogP contribution in [0.4, 0.5) is 0 Å². The lowest BCUT2D eigenvalue weighted by Crippen LogP contribution is -2.19. The summed E-state index contributed by atoms with van der Waals surface area (Å²) >= 11 is 18.0. The molecule has 0 amide bonds. The Kier molecular flexibility index (Phi) is 6.33. The molecule has 2 saturated heterocycles. The molecule has 24 heavy (non-hydrogen) atoms. The summed E-state index contributed by atoms with van der Waals surface area (Å²) in [5.41, 5.74) is 0.451. The van der Waals surface area contributed by atoms with Crippen LogP contribution in [0, 0.1) is 0 Å². The van der Waals surface area contributed by atoms with Crippen molar-refractivity contribution in [1.82, 2.24) is 4.98 Å². The van der Waals surface area contributed by atoms with Crippen LogP contribution in [0.3, 0.4) is 0 Å². The van der Waals surface area contributed by atoms with Crippen molar-refractivity contribution in [2.45, 2.75) is 41.7 Å². The number of nitrogens with zero attached hydrogens (tertiary/aromatic N) is 1. The van der Waals surface area contributed by atoms with Crippen LogP contribution in [0.1, 0.15) is 31.2 Å². The molecule has 3 rings (SSSR count). The van der Waals surface area contributed by atoms with Crippen molar-refractivity contribution in [3.8, 4) is 11.8 Å². The Bertz CT molecular complexity index is 502. The van der Waals surface area contributed by atoms with Crippen LogP contribution in [0.2, 0.25) is 0 Å². The van der Waals surface area contributed by atoms with E-state index in [0.717, 1.165) is 38.9 Å². The van der Waals surface area contributed by atoms with Gasteiger partial charge in [0.15, 0.2) is 0 Å². The maximum Gasteiger partial charge on any atom is 0.217 e. The summed E-state index contributed by atoms with van der Waals surface area (Å²) in [6.45, 7) is 2.37. The topological polar surface area (TPSA) is 49.8 Å². The fraction of sp³-hybridized carbons (Fsp3) is 0.688. The fourth-order valence-electron chi connectivity index (χ4n) is 2.70. The molecule has 3 heterocycles. The first-order valence-corrected chi connectivity index (χ1v) is 9.22. The van der Waals surface area contributed by atoms with Crippen LogP contribution in [0.25, 0.3) is 0 Å². The van der Waals surface area contributed by atoms with Crippen molar-refractivity contribution in [3.05, 3.63) is 17.7 Å². The molecule has 2 unspecified atom stereocenters. The third kappa shape index (κ3) is 5.27. The highest BCUT2D eigenvalue weighted by Crippen LogP contribution is 2.40. The molecule has 1 aromatic heterocycles. The predicted molar refractivity (Wildman–Crippen MR) is 92.4 cm³/mol. The van der Waals surface area contributed by atoms with E-state index in [1.807, 2.05) is 0 Å². The molecule has 2 atom stereocenters.